The van der Waals surface area contributed by atoms with Crippen LogP contribution in [0.5, 0.6) is 0 Å². The molecule has 0 radical (unpaired) electrons. The van der Waals surface area contributed by atoms with E-state index in [1.165, 1.54) is 16.4 Å². The summed E-state index contributed by atoms with van der Waals surface area (Å²) in [5.74, 6) is 0.236. The highest BCUT2D eigenvalue weighted by Gasteiger charge is 2.36. The van der Waals surface area contributed by atoms with E-state index in [-0.39, 0.29) is 23.2 Å². The molecule has 0 bridgehead atoms. The Labute approximate surface area is 142 Å². The predicted octanol–water partition coefficient (Wildman–Crippen LogP) is 4.84. The Morgan fingerprint density at radius 2 is 2.00 bits per heavy atom. The third-order valence-corrected chi connectivity index (χ3v) is 4.59. The number of halogens is 3. The molecule has 1 heterocycles. The minimum absolute atomic E-state index is 0.159. The van der Waals surface area contributed by atoms with Gasteiger partial charge in [0.05, 0.1) is 5.69 Å². The van der Waals surface area contributed by atoms with Gasteiger partial charge < -0.3 is 5.21 Å². The monoisotopic (exact) mass is 357 g/mol. The average Bonchev–Trinajstić information content (AvgIpc) is 3.01. The SMILES string of the molecule is CCC(C)n1nc(C(F)(F)F)cc1/C(CSc1ccccc1)=N/O. The maximum Gasteiger partial charge on any atom is 0.435 e. The van der Waals surface area contributed by atoms with Gasteiger partial charge in [0.15, 0.2) is 5.69 Å². The van der Waals surface area contributed by atoms with Crippen LogP contribution in [0.3, 0.4) is 0 Å². The van der Waals surface area contributed by atoms with Crippen LogP contribution in [0.1, 0.15) is 37.7 Å². The van der Waals surface area contributed by atoms with Crippen LogP contribution in [0.15, 0.2) is 46.4 Å². The highest BCUT2D eigenvalue weighted by molar-refractivity contribution is 8.00. The van der Waals surface area contributed by atoms with Crippen LogP contribution < -0.4 is 0 Å². The number of hydrogen-bond acceptors (Lipinski definition) is 4. The van der Waals surface area contributed by atoms with Crippen molar-refractivity contribution in [3.8, 4) is 0 Å². The van der Waals surface area contributed by atoms with Gasteiger partial charge in [0.25, 0.3) is 0 Å². The van der Waals surface area contributed by atoms with E-state index in [0.717, 1.165) is 11.0 Å². The lowest BCUT2D eigenvalue weighted by atomic mass is 10.2. The summed E-state index contributed by atoms with van der Waals surface area (Å²) in [5.41, 5.74) is -0.640. The molecule has 0 fully saturated rings. The largest absolute Gasteiger partial charge is 0.435 e. The van der Waals surface area contributed by atoms with Gasteiger partial charge in [-0.3, -0.25) is 4.68 Å². The second-order valence-electron chi connectivity index (χ2n) is 5.26. The fourth-order valence-corrected chi connectivity index (χ4v) is 2.94. The molecular formula is C16H18F3N3OS. The van der Waals surface area contributed by atoms with Crippen LogP contribution >= 0.6 is 11.8 Å². The van der Waals surface area contributed by atoms with Gasteiger partial charge in [-0.15, -0.1) is 11.8 Å². The molecule has 2 aromatic rings. The molecule has 1 atom stereocenters. The molecule has 0 saturated carbocycles. The molecule has 130 valence electrons. The summed E-state index contributed by atoms with van der Waals surface area (Å²) in [7, 11) is 0. The quantitative estimate of drug-likeness (QED) is 0.348. The second kappa shape index (κ2) is 7.74. The average molecular weight is 357 g/mol. The minimum Gasteiger partial charge on any atom is -0.411 e. The maximum absolute atomic E-state index is 13.0. The molecule has 1 unspecified atom stereocenters. The summed E-state index contributed by atoms with van der Waals surface area (Å²) >= 11 is 1.38. The zero-order chi connectivity index (χ0) is 17.7. The Morgan fingerprint density at radius 1 is 1.33 bits per heavy atom. The summed E-state index contributed by atoms with van der Waals surface area (Å²) in [4.78, 5) is 0.935. The van der Waals surface area contributed by atoms with E-state index in [1.807, 2.05) is 37.3 Å². The number of rotatable bonds is 6. The summed E-state index contributed by atoms with van der Waals surface area (Å²) < 4.78 is 40.2. The predicted molar refractivity (Wildman–Crippen MR) is 87.7 cm³/mol. The molecule has 2 rings (SSSR count). The van der Waals surface area contributed by atoms with Crippen molar-refractivity contribution in [1.29, 1.82) is 0 Å². The van der Waals surface area contributed by atoms with E-state index in [0.29, 0.717) is 6.42 Å². The minimum atomic E-state index is -4.54. The van der Waals surface area contributed by atoms with Gasteiger partial charge in [-0.25, -0.2) is 0 Å². The fourth-order valence-electron chi connectivity index (χ4n) is 2.08. The van der Waals surface area contributed by atoms with E-state index < -0.39 is 11.9 Å². The van der Waals surface area contributed by atoms with Crippen molar-refractivity contribution in [1.82, 2.24) is 9.78 Å². The van der Waals surface area contributed by atoms with Crippen molar-refractivity contribution < 1.29 is 18.4 Å². The van der Waals surface area contributed by atoms with E-state index in [2.05, 4.69) is 10.3 Å². The van der Waals surface area contributed by atoms with Gasteiger partial charge in [-0.2, -0.15) is 18.3 Å². The van der Waals surface area contributed by atoms with Crippen LogP contribution in [-0.2, 0) is 6.18 Å². The van der Waals surface area contributed by atoms with Crippen molar-refractivity contribution in [2.45, 2.75) is 37.4 Å². The molecule has 1 N–H and O–H groups in total. The van der Waals surface area contributed by atoms with Crippen molar-refractivity contribution in [2.24, 2.45) is 5.16 Å². The Kier molecular flexibility index (Phi) is 5.93. The highest BCUT2D eigenvalue weighted by atomic mass is 32.2. The molecule has 1 aromatic heterocycles. The van der Waals surface area contributed by atoms with Gasteiger partial charge >= 0.3 is 6.18 Å². The van der Waals surface area contributed by atoms with E-state index in [1.54, 1.807) is 6.92 Å². The van der Waals surface area contributed by atoms with E-state index >= 15 is 0 Å². The van der Waals surface area contributed by atoms with Crippen molar-refractivity contribution in [2.75, 3.05) is 5.75 Å². The van der Waals surface area contributed by atoms with Gasteiger partial charge in [-0.1, -0.05) is 30.3 Å². The van der Waals surface area contributed by atoms with Crippen LogP contribution in [0.2, 0.25) is 0 Å². The van der Waals surface area contributed by atoms with Crippen molar-refractivity contribution in [3.05, 3.63) is 47.8 Å². The van der Waals surface area contributed by atoms with Crippen molar-refractivity contribution in [3.63, 3.8) is 0 Å². The zero-order valence-electron chi connectivity index (χ0n) is 13.3. The lowest BCUT2D eigenvalue weighted by Crippen LogP contribution is -2.16. The third kappa shape index (κ3) is 4.31. The van der Waals surface area contributed by atoms with Crippen LogP contribution in [0.4, 0.5) is 13.2 Å². The first-order valence-electron chi connectivity index (χ1n) is 7.42. The molecular weight excluding hydrogens is 339 g/mol. The molecule has 0 aliphatic carbocycles. The number of alkyl halides is 3. The molecule has 0 amide bonds. The lowest BCUT2D eigenvalue weighted by molar-refractivity contribution is -0.141. The van der Waals surface area contributed by atoms with Crippen molar-refractivity contribution >= 4 is 17.5 Å². The normalized spacial score (nSPS) is 14.0. The van der Waals surface area contributed by atoms with Gasteiger partial charge in [-0.05, 0) is 31.5 Å². The molecule has 24 heavy (non-hydrogen) atoms. The maximum atomic E-state index is 13.0. The summed E-state index contributed by atoms with van der Waals surface area (Å²) in [6.45, 7) is 3.63. The summed E-state index contributed by atoms with van der Waals surface area (Å²) in [6, 6.07) is 10.1. The van der Waals surface area contributed by atoms with E-state index in [4.69, 9.17) is 0 Å². The molecule has 0 spiro atoms. The van der Waals surface area contributed by atoms with Crippen LogP contribution in [-0.4, -0.2) is 26.5 Å². The Balaban J connectivity index is 2.31. The molecule has 0 aliphatic heterocycles. The number of oxime groups is 1. The molecule has 1 aromatic carbocycles. The molecule has 0 saturated heterocycles. The van der Waals surface area contributed by atoms with Crippen LogP contribution in [0, 0.1) is 0 Å². The number of thioether (sulfide) groups is 1. The van der Waals surface area contributed by atoms with Crippen LogP contribution in [0.25, 0.3) is 0 Å². The fraction of sp³-hybridized carbons (Fsp3) is 0.375. The highest BCUT2D eigenvalue weighted by Crippen LogP contribution is 2.31. The standard InChI is InChI=1S/C16H18F3N3OS/c1-3-11(2)22-14(9-15(20-22)16(17,18)19)13(21-23)10-24-12-7-5-4-6-8-12/h4-9,11,23H,3,10H2,1-2H3/b21-13+. The summed E-state index contributed by atoms with van der Waals surface area (Å²) in [5, 5.41) is 16.2. The lowest BCUT2D eigenvalue weighted by Gasteiger charge is -2.14. The molecule has 8 heteroatoms. The Morgan fingerprint density at radius 3 is 2.54 bits per heavy atom. The third-order valence-electron chi connectivity index (χ3n) is 3.57. The summed E-state index contributed by atoms with van der Waals surface area (Å²) in [6.07, 6.45) is -3.93. The number of nitrogens with zero attached hydrogens (tertiary/aromatic N) is 3. The second-order valence-corrected chi connectivity index (χ2v) is 6.31. The Hall–Kier alpha value is -1.96. The first-order chi connectivity index (χ1) is 11.4. The first-order valence-corrected chi connectivity index (χ1v) is 8.41. The molecule has 0 aliphatic rings. The topological polar surface area (TPSA) is 50.4 Å². The number of benzene rings is 1. The Bertz CT molecular complexity index is 698. The zero-order valence-corrected chi connectivity index (χ0v) is 14.1. The van der Waals surface area contributed by atoms with Gasteiger partial charge in [0, 0.05) is 16.7 Å². The number of hydrogen-bond donors (Lipinski definition) is 1. The first kappa shape index (κ1) is 18.4. The smallest absolute Gasteiger partial charge is 0.411 e. The van der Waals surface area contributed by atoms with Gasteiger partial charge in [0.1, 0.15) is 5.71 Å². The van der Waals surface area contributed by atoms with Gasteiger partial charge in [0.2, 0.25) is 0 Å². The molecule has 4 nitrogen and oxygen atoms in total. The number of aromatic nitrogens is 2. The van der Waals surface area contributed by atoms with E-state index in [9.17, 15) is 18.4 Å².